The van der Waals surface area contributed by atoms with Crippen molar-refractivity contribution in [3.05, 3.63) is 270 Å². The first-order chi connectivity index (χ1) is 34.5. The minimum Gasteiger partial charge on any atom is -0.310 e. The van der Waals surface area contributed by atoms with Crippen molar-refractivity contribution in [2.45, 2.75) is 53.9 Å². The Bertz CT molecular complexity index is 3700. The molecule has 0 atom stereocenters. The molecule has 0 N–H and O–H groups in total. The predicted octanol–water partition coefficient (Wildman–Crippen LogP) is 18.9. The Kier molecular flexibility index (Phi) is 11.5. The summed E-state index contributed by atoms with van der Waals surface area (Å²) in [4.78, 5) is 4.97. The summed E-state index contributed by atoms with van der Waals surface area (Å²) in [6.45, 7) is 20.3. The topological polar surface area (TPSA) is 11.4 Å². The highest BCUT2D eigenvalue weighted by Crippen LogP contribution is 2.58. The summed E-state index contributed by atoms with van der Waals surface area (Å²) in [6.07, 6.45) is 4.39. The number of hydrogen-bond acceptors (Lipinski definition) is 2. The van der Waals surface area contributed by atoms with E-state index in [1.165, 1.54) is 66.4 Å². The van der Waals surface area contributed by atoms with E-state index in [1.807, 2.05) is 0 Å². The lowest BCUT2D eigenvalue weighted by atomic mass is 9.81. The normalized spacial score (nSPS) is 12.8. The van der Waals surface area contributed by atoms with Gasteiger partial charge in [-0.3, -0.25) is 0 Å². The number of hydrogen-bond donors (Lipinski definition) is 0. The lowest BCUT2D eigenvalue weighted by Gasteiger charge is -2.32. The number of nitrogens with zero attached hydrogens (tertiary/aromatic N) is 3. The van der Waals surface area contributed by atoms with Crippen LogP contribution in [0.25, 0.3) is 55.3 Å². The van der Waals surface area contributed by atoms with Crippen LogP contribution in [0.3, 0.4) is 0 Å². The van der Waals surface area contributed by atoms with Crippen LogP contribution in [-0.4, -0.2) is 4.57 Å². The Balaban J connectivity index is 1.32. The van der Waals surface area contributed by atoms with E-state index in [2.05, 4.69) is 288 Å². The van der Waals surface area contributed by atoms with E-state index in [4.69, 9.17) is 0 Å². The average molecular weight is 918 g/mol. The molecule has 0 saturated carbocycles. The monoisotopic (exact) mass is 917 g/mol. The van der Waals surface area contributed by atoms with Crippen LogP contribution in [0.4, 0.5) is 28.4 Å². The van der Waals surface area contributed by atoms with Crippen molar-refractivity contribution in [3.63, 3.8) is 0 Å². The third-order valence-corrected chi connectivity index (χ3v) is 14.3. The highest BCUT2D eigenvalue weighted by atomic mass is 15.2. The van der Waals surface area contributed by atoms with Gasteiger partial charge >= 0.3 is 0 Å². The number of para-hydroxylation sites is 1. The smallest absolute Gasteiger partial charge is 0.0791 e. The molecule has 3 nitrogen and oxygen atoms in total. The van der Waals surface area contributed by atoms with E-state index in [1.54, 1.807) is 0 Å². The maximum Gasteiger partial charge on any atom is 0.0791 e. The molecule has 346 valence electrons. The van der Waals surface area contributed by atoms with Crippen LogP contribution in [0.1, 0.15) is 61.1 Å². The van der Waals surface area contributed by atoms with Gasteiger partial charge in [-0.2, -0.15) is 0 Å². The van der Waals surface area contributed by atoms with E-state index in [0.29, 0.717) is 0 Å². The molecule has 71 heavy (non-hydrogen) atoms. The van der Waals surface area contributed by atoms with E-state index >= 15 is 0 Å². The number of allylic oxidation sites excluding steroid dienone is 4. The molecule has 1 aromatic heterocycles. The molecule has 1 aliphatic carbocycles. The van der Waals surface area contributed by atoms with E-state index in [9.17, 15) is 0 Å². The molecule has 0 radical (unpaired) electrons. The SMILES string of the molecule is C=C/C(=C(\C=C(C)C)c1ccccc1)N(c1ccc(C)cc1)c1c2c(cc3c4cc(N(c5ccc(C)cc5)c5ccc(C)cc5-c5ccccc5)ccc4n(-c4ccccc4)c13)C(C)(C)c1ccccc1-2. The molecule has 10 aromatic rings. The standard InChI is InChI=1S/C68H59N3/c1-9-62(56(41-45(2)3)49-21-13-10-14-22-49)70(53-36-31-47(5)32-37-53)67-65-55-27-19-20-28-60(55)68(7,8)61(65)44-59-58-43-54(38-40-64(58)71(66(59)67)51-25-17-12-18-26-51)69(52-34-29-46(4)30-35-52)63-39-33-48(6)42-57(63)50-23-15-11-16-24-50/h9-44H,1H2,2-8H3/b62-56-. The van der Waals surface area contributed by atoms with E-state index < -0.39 is 0 Å². The zero-order chi connectivity index (χ0) is 49.0. The van der Waals surface area contributed by atoms with Gasteiger partial charge in [0.15, 0.2) is 0 Å². The Hall–Kier alpha value is -8.40. The van der Waals surface area contributed by atoms with Gasteiger partial charge in [0.25, 0.3) is 0 Å². The van der Waals surface area contributed by atoms with E-state index in [0.717, 1.165) is 62.0 Å². The first-order valence-corrected chi connectivity index (χ1v) is 24.8. The number of aromatic nitrogens is 1. The zero-order valence-electron chi connectivity index (χ0n) is 41.8. The van der Waals surface area contributed by atoms with Crippen molar-refractivity contribution in [2.24, 2.45) is 0 Å². The quantitative estimate of drug-likeness (QED) is 0.120. The molecule has 0 bridgehead atoms. The molecule has 0 aliphatic heterocycles. The number of aryl methyl sites for hydroxylation is 3. The predicted molar refractivity (Wildman–Crippen MR) is 304 cm³/mol. The summed E-state index contributed by atoms with van der Waals surface area (Å²) < 4.78 is 2.51. The summed E-state index contributed by atoms with van der Waals surface area (Å²) in [7, 11) is 0. The first kappa shape index (κ1) is 45.1. The maximum absolute atomic E-state index is 4.66. The lowest BCUT2D eigenvalue weighted by Crippen LogP contribution is -2.20. The Labute approximate surface area is 419 Å². The highest BCUT2D eigenvalue weighted by molar-refractivity contribution is 6.19. The molecule has 1 heterocycles. The minimum absolute atomic E-state index is 0.312. The molecule has 0 spiro atoms. The number of fused-ring (bicyclic) bond motifs is 6. The van der Waals surface area contributed by atoms with E-state index in [-0.39, 0.29) is 5.41 Å². The van der Waals surface area contributed by atoms with Crippen molar-refractivity contribution < 1.29 is 0 Å². The van der Waals surface area contributed by atoms with Crippen LogP contribution in [0.15, 0.2) is 236 Å². The van der Waals surface area contributed by atoms with Crippen LogP contribution in [-0.2, 0) is 5.41 Å². The van der Waals surface area contributed by atoms with Gasteiger partial charge in [-0.15, -0.1) is 0 Å². The fourth-order valence-electron chi connectivity index (χ4n) is 10.9. The van der Waals surface area contributed by atoms with Gasteiger partial charge in [0.2, 0.25) is 0 Å². The molecule has 0 amide bonds. The molecule has 0 saturated heterocycles. The highest BCUT2D eigenvalue weighted by Gasteiger charge is 2.41. The van der Waals surface area contributed by atoms with Gasteiger partial charge < -0.3 is 14.4 Å². The Morgan fingerprint density at radius 3 is 1.79 bits per heavy atom. The number of benzene rings is 9. The molecule has 11 rings (SSSR count). The van der Waals surface area contributed by atoms with Gasteiger partial charge in [-0.05, 0) is 141 Å². The van der Waals surface area contributed by atoms with Crippen LogP contribution in [0.5, 0.6) is 0 Å². The molecule has 0 fully saturated rings. The van der Waals surface area contributed by atoms with Gasteiger partial charge in [0.05, 0.1) is 28.1 Å². The first-order valence-electron chi connectivity index (χ1n) is 24.8. The summed E-state index contributed by atoms with van der Waals surface area (Å²) in [5, 5.41) is 2.35. The second kappa shape index (κ2) is 18.2. The third kappa shape index (κ3) is 7.88. The van der Waals surface area contributed by atoms with Crippen LogP contribution >= 0.6 is 0 Å². The molecular weight excluding hydrogens is 859 g/mol. The fourth-order valence-corrected chi connectivity index (χ4v) is 10.9. The van der Waals surface area contributed by atoms with Gasteiger partial charge in [0, 0.05) is 55.6 Å². The summed E-state index contributed by atoms with van der Waals surface area (Å²) in [5.74, 6) is 0. The Morgan fingerprint density at radius 2 is 1.13 bits per heavy atom. The van der Waals surface area contributed by atoms with Crippen LogP contribution < -0.4 is 9.80 Å². The van der Waals surface area contributed by atoms with Gasteiger partial charge in [-0.25, -0.2) is 0 Å². The summed E-state index contributed by atoms with van der Waals surface area (Å²) in [5.41, 5.74) is 24.0. The lowest BCUT2D eigenvalue weighted by molar-refractivity contribution is 0.661. The number of anilines is 5. The van der Waals surface area contributed by atoms with Crippen molar-refractivity contribution in [1.82, 2.24) is 4.57 Å². The second-order valence-corrected chi connectivity index (χ2v) is 19.9. The third-order valence-electron chi connectivity index (χ3n) is 14.3. The van der Waals surface area contributed by atoms with Crippen molar-refractivity contribution in [2.75, 3.05) is 9.80 Å². The fraction of sp³-hybridized carbons (Fsp3) is 0.118. The molecule has 0 unspecified atom stereocenters. The maximum atomic E-state index is 4.66. The van der Waals surface area contributed by atoms with Crippen molar-refractivity contribution in [3.8, 4) is 27.9 Å². The van der Waals surface area contributed by atoms with Gasteiger partial charge in [-0.1, -0.05) is 182 Å². The molecule has 1 aliphatic rings. The van der Waals surface area contributed by atoms with Crippen LogP contribution in [0.2, 0.25) is 0 Å². The van der Waals surface area contributed by atoms with Crippen molar-refractivity contribution >= 4 is 55.8 Å². The van der Waals surface area contributed by atoms with Gasteiger partial charge in [0.1, 0.15) is 0 Å². The second-order valence-electron chi connectivity index (χ2n) is 19.9. The molecule has 9 aromatic carbocycles. The molecule has 3 heteroatoms. The zero-order valence-corrected chi connectivity index (χ0v) is 41.8. The minimum atomic E-state index is -0.312. The summed E-state index contributed by atoms with van der Waals surface area (Å²) in [6, 6.07) is 76.0. The largest absolute Gasteiger partial charge is 0.310 e. The Morgan fingerprint density at radius 1 is 0.535 bits per heavy atom. The molecular formula is C68H59N3. The average Bonchev–Trinajstić information content (AvgIpc) is 3.84. The summed E-state index contributed by atoms with van der Waals surface area (Å²) >= 11 is 0. The van der Waals surface area contributed by atoms with Crippen LogP contribution in [0, 0.1) is 20.8 Å². The van der Waals surface area contributed by atoms with Crippen molar-refractivity contribution in [1.29, 1.82) is 0 Å². The number of rotatable bonds is 11.